The molecule has 27 heavy (non-hydrogen) atoms. The smallest absolute Gasteiger partial charge is 0.254 e. The molecule has 1 N–H and O–H groups in total. The molecule has 0 saturated carbocycles. The van der Waals surface area contributed by atoms with Crippen molar-refractivity contribution in [1.82, 2.24) is 4.90 Å². The van der Waals surface area contributed by atoms with Crippen molar-refractivity contribution in [3.05, 3.63) is 70.4 Å². The van der Waals surface area contributed by atoms with Crippen LogP contribution in [0.4, 0.5) is 4.39 Å². The summed E-state index contributed by atoms with van der Waals surface area (Å²) >= 11 is 1.64. The highest BCUT2D eigenvalue weighted by Gasteiger charge is 2.24. The Kier molecular flexibility index (Phi) is 4.58. The number of nitrogens with zero attached hydrogens (tertiary/aromatic N) is 1. The number of hydrogen-bond acceptors (Lipinski definition) is 4. The van der Waals surface area contributed by atoms with Crippen LogP contribution in [-0.4, -0.2) is 29.1 Å². The molecular weight excluding hydrogens is 365 g/mol. The number of thiophene rings is 1. The van der Waals surface area contributed by atoms with Crippen LogP contribution in [-0.2, 0) is 6.54 Å². The molecule has 0 saturated heterocycles. The Morgan fingerprint density at radius 2 is 2.07 bits per heavy atom. The molecule has 2 heterocycles. The van der Waals surface area contributed by atoms with Crippen LogP contribution in [0.1, 0.15) is 20.8 Å². The van der Waals surface area contributed by atoms with Crippen LogP contribution < -0.4 is 4.74 Å². The van der Waals surface area contributed by atoms with Crippen LogP contribution in [0, 0.1) is 12.7 Å². The molecule has 6 heteroatoms. The van der Waals surface area contributed by atoms with E-state index < -0.39 is 5.82 Å². The van der Waals surface area contributed by atoms with Gasteiger partial charge in [0.2, 0.25) is 0 Å². The molecule has 138 valence electrons. The fourth-order valence-electron chi connectivity index (χ4n) is 3.21. The topological polar surface area (TPSA) is 49.8 Å². The van der Waals surface area contributed by atoms with Gasteiger partial charge < -0.3 is 14.7 Å². The lowest BCUT2D eigenvalue weighted by molar-refractivity contribution is 0.0732. The fourth-order valence-corrected chi connectivity index (χ4v) is 4.06. The Bertz CT molecular complexity index is 1010. The second kappa shape index (κ2) is 7.04. The maximum Gasteiger partial charge on any atom is 0.254 e. The molecule has 3 aromatic rings. The molecule has 1 aromatic heterocycles. The van der Waals surface area contributed by atoms with Crippen molar-refractivity contribution in [1.29, 1.82) is 0 Å². The third kappa shape index (κ3) is 3.53. The van der Waals surface area contributed by atoms with Crippen molar-refractivity contribution in [3.8, 4) is 21.9 Å². The van der Waals surface area contributed by atoms with Gasteiger partial charge >= 0.3 is 0 Å². The molecule has 0 unspecified atom stereocenters. The summed E-state index contributed by atoms with van der Waals surface area (Å²) < 4.78 is 19.2. The molecule has 0 spiro atoms. The van der Waals surface area contributed by atoms with Gasteiger partial charge in [0.15, 0.2) is 11.5 Å². The van der Waals surface area contributed by atoms with E-state index in [4.69, 9.17) is 4.74 Å². The number of rotatable bonds is 2. The molecule has 0 atom stereocenters. The molecule has 1 amide bonds. The largest absolute Gasteiger partial charge is 0.504 e. The van der Waals surface area contributed by atoms with Gasteiger partial charge in [-0.05, 0) is 55.0 Å². The minimum absolute atomic E-state index is 0.0635. The molecule has 1 aliphatic rings. The number of ether oxygens (including phenoxy) is 1. The third-order valence-electron chi connectivity index (χ3n) is 4.50. The zero-order chi connectivity index (χ0) is 19.0. The lowest BCUT2D eigenvalue weighted by Gasteiger charge is -2.20. The van der Waals surface area contributed by atoms with Gasteiger partial charge in [-0.3, -0.25) is 4.79 Å². The van der Waals surface area contributed by atoms with E-state index in [-0.39, 0.29) is 24.8 Å². The Labute approximate surface area is 160 Å². The van der Waals surface area contributed by atoms with Gasteiger partial charge in [-0.25, -0.2) is 4.39 Å². The Morgan fingerprint density at radius 3 is 2.81 bits per heavy atom. The first-order valence-corrected chi connectivity index (χ1v) is 9.43. The highest BCUT2D eigenvalue weighted by Crippen LogP contribution is 2.39. The third-order valence-corrected chi connectivity index (χ3v) is 5.55. The Hall–Kier alpha value is -2.86. The van der Waals surface area contributed by atoms with Crippen LogP contribution in [0.15, 0.2) is 48.5 Å². The van der Waals surface area contributed by atoms with E-state index in [9.17, 15) is 14.3 Å². The number of phenolic OH excluding ortho intramolecular Hbond substituents is 1. The summed E-state index contributed by atoms with van der Waals surface area (Å²) in [7, 11) is 0. The molecule has 0 radical (unpaired) electrons. The van der Waals surface area contributed by atoms with Gasteiger partial charge in [-0.1, -0.05) is 6.07 Å². The number of hydrogen-bond donors (Lipinski definition) is 1. The van der Waals surface area contributed by atoms with Gasteiger partial charge in [0, 0.05) is 27.4 Å². The van der Waals surface area contributed by atoms with E-state index in [0.29, 0.717) is 17.9 Å². The number of amides is 1. The number of benzene rings is 2. The highest BCUT2D eigenvalue weighted by atomic mass is 32.1. The van der Waals surface area contributed by atoms with Crippen molar-refractivity contribution >= 4 is 17.2 Å². The zero-order valence-electron chi connectivity index (χ0n) is 14.7. The summed E-state index contributed by atoms with van der Waals surface area (Å²) in [5.41, 5.74) is 1.92. The van der Waals surface area contributed by atoms with Crippen molar-refractivity contribution in [2.45, 2.75) is 13.5 Å². The molecule has 4 nitrogen and oxygen atoms in total. The molecule has 2 aromatic carbocycles. The quantitative estimate of drug-likeness (QED) is 0.703. The average Bonchev–Trinajstić information content (AvgIpc) is 2.96. The minimum atomic E-state index is -0.444. The van der Waals surface area contributed by atoms with Crippen LogP contribution in [0.25, 0.3) is 10.4 Å². The summed E-state index contributed by atoms with van der Waals surface area (Å²) in [5.74, 6) is -0.238. The molecule has 4 rings (SSSR count). The van der Waals surface area contributed by atoms with E-state index in [1.807, 2.05) is 25.1 Å². The highest BCUT2D eigenvalue weighted by molar-refractivity contribution is 7.15. The lowest BCUT2D eigenvalue weighted by atomic mass is 10.1. The van der Waals surface area contributed by atoms with Crippen molar-refractivity contribution in [2.24, 2.45) is 0 Å². The molecule has 0 aliphatic carbocycles. The van der Waals surface area contributed by atoms with Crippen LogP contribution in [0.2, 0.25) is 0 Å². The number of aromatic hydroxyl groups is 1. The van der Waals surface area contributed by atoms with Crippen molar-refractivity contribution < 1.29 is 19.0 Å². The molecular formula is C21H18FNO3S. The van der Waals surface area contributed by atoms with E-state index in [2.05, 4.69) is 0 Å². The van der Waals surface area contributed by atoms with Crippen LogP contribution in [0.3, 0.4) is 0 Å². The second-order valence-corrected chi connectivity index (χ2v) is 7.77. The fraction of sp³-hybridized carbons (Fsp3) is 0.190. The predicted molar refractivity (Wildman–Crippen MR) is 103 cm³/mol. The monoisotopic (exact) mass is 383 g/mol. The number of phenols is 1. The van der Waals surface area contributed by atoms with Gasteiger partial charge in [0.25, 0.3) is 5.91 Å². The summed E-state index contributed by atoms with van der Waals surface area (Å²) in [4.78, 5) is 16.6. The lowest BCUT2D eigenvalue weighted by Crippen LogP contribution is -2.32. The first-order chi connectivity index (χ1) is 13.0. The van der Waals surface area contributed by atoms with E-state index in [1.54, 1.807) is 28.4 Å². The second-order valence-electron chi connectivity index (χ2n) is 6.48. The maximum atomic E-state index is 13.5. The summed E-state index contributed by atoms with van der Waals surface area (Å²) in [6.45, 7) is 2.94. The number of carbonyl (C=O) groups excluding carboxylic acids is 1. The standard InChI is InChI=1S/C21H18FNO3S/c1-13-5-6-19(27-13)15-9-16-12-23(7-8-26-20(16)18(24)11-15)21(25)14-3-2-4-17(22)10-14/h2-6,9-11,24H,7-8,12H2,1H3. The molecule has 0 fully saturated rings. The molecule has 1 aliphatic heterocycles. The minimum Gasteiger partial charge on any atom is -0.504 e. The predicted octanol–water partition coefficient (Wildman–Crippen LogP) is 4.60. The van der Waals surface area contributed by atoms with E-state index in [1.165, 1.54) is 23.1 Å². The van der Waals surface area contributed by atoms with E-state index in [0.717, 1.165) is 16.0 Å². The zero-order valence-corrected chi connectivity index (χ0v) is 15.6. The van der Waals surface area contributed by atoms with Gasteiger partial charge in [-0.2, -0.15) is 0 Å². The van der Waals surface area contributed by atoms with Crippen molar-refractivity contribution in [3.63, 3.8) is 0 Å². The Morgan fingerprint density at radius 1 is 1.22 bits per heavy atom. The summed E-state index contributed by atoms with van der Waals surface area (Å²) in [5, 5.41) is 10.4. The van der Waals surface area contributed by atoms with Crippen LogP contribution in [0.5, 0.6) is 11.5 Å². The van der Waals surface area contributed by atoms with Crippen molar-refractivity contribution in [2.75, 3.05) is 13.2 Å². The number of aryl methyl sites for hydroxylation is 1. The van der Waals surface area contributed by atoms with Gasteiger partial charge in [-0.15, -0.1) is 11.3 Å². The molecule has 0 bridgehead atoms. The Balaban J connectivity index is 1.68. The number of halogens is 1. The first-order valence-electron chi connectivity index (χ1n) is 8.61. The number of fused-ring (bicyclic) bond motifs is 1. The summed E-state index contributed by atoms with van der Waals surface area (Å²) in [6.07, 6.45) is 0. The maximum absolute atomic E-state index is 13.5. The average molecular weight is 383 g/mol. The first kappa shape index (κ1) is 17.5. The number of carbonyl (C=O) groups is 1. The van der Waals surface area contributed by atoms with Gasteiger partial charge in [0.05, 0.1) is 6.54 Å². The normalized spacial score (nSPS) is 13.6. The SMILES string of the molecule is Cc1ccc(-c2cc(O)c3c(c2)CN(C(=O)c2cccc(F)c2)CCO3)s1. The van der Waals surface area contributed by atoms with Crippen LogP contribution >= 0.6 is 11.3 Å². The van der Waals surface area contributed by atoms with E-state index >= 15 is 0 Å². The summed E-state index contributed by atoms with van der Waals surface area (Å²) in [6, 6.07) is 13.3. The van der Waals surface area contributed by atoms with Gasteiger partial charge in [0.1, 0.15) is 12.4 Å².